The van der Waals surface area contributed by atoms with Gasteiger partial charge in [0.2, 0.25) is 5.91 Å². The Kier molecular flexibility index (Phi) is 5.38. The highest BCUT2D eigenvalue weighted by molar-refractivity contribution is 6.30. The second-order valence-electron chi connectivity index (χ2n) is 7.35. The van der Waals surface area contributed by atoms with Gasteiger partial charge in [-0.15, -0.1) is 0 Å². The molecule has 1 saturated carbocycles. The van der Waals surface area contributed by atoms with Crippen molar-refractivity contribution in [3.05, 3.63) is 64.7 Å². The Morgan fingerprint density at radius 3 is 2.54 bits per heavy atom. The second kappa shape index (κ2) is 7.94. The average molecular weight is 399 g/mol. The number of ether oxygens (including phenoxy) is 1. The van der Waals surface area contributed by atoms with Gasteiger partial charge in [0.25, 0.3) is 5.91 Å². The van der Waals surface area contributed by atoms with E-state index in [0.717, 1.165) is 18.4 Å². The van der Waals surface area contributed by atoms with Crippen molar-refractivity contribution in [3.63, 3.8) is 0 Å². The Bertz CT molecular complexity index is 880. The van der Waals surface area contributed by atoms with Gasteiger partial charge in [-0.25, -0.2) is 0 Å². The summed E-state index contributed by atoms with van der Waals surface area (Å²) >= 11 is 5.97. The van der Waals surface area contributed by atoms with Crippen LogP contribution in [0.5, 0.6) is 0 Å². The Morgan fingerprint density at radius 1 is 1.11 bits per heavy atom. The molecule has 28 heavy (non-hydrogen) atoms. The minimum atomic E-state index is -0.187. The fourth-order valence-electron chi connectivity index (χ4n) is 3.55. The van der Waals surface area contributed by atoms with E-state index < -0.39 is 0 Å². The van der Waals surface area contributed by atoms with Gasteiger partial charge >= 0.3 is 0 Å². The van der Waals surface area contributed by atoms with Crippen LogP contribution >= 0.6 is 11.6 Å². The van der Waals surface area contributed by atoms with E-state index in [1.807, 2.05) is 42.5 Å². The van der Waals surface area contributed by atoms with E-state index in [0.29, 0.717) is 36.0 Å². The molecular formula is C22H23ClN2O3. The van der Waals surface area contributed by atoms with Crippen LogP contribution < -0.4 is 4.90 Å². The summed E-state index contributed by atoms with van der Waals surface area (Å²) in [5.41, 5.74) is 2.21. The zero-order valence-electron chi connectivity index (χ0n) is 15.8. The molecule has 1 aliphatic carbocycles. The quantitative estimate of drug-likeness (QED) is 0.784. The third kappa shape index (κ3) is 3.91. The molecule has 6 heteroatoms. The van der Waals surface area contributed by atoms with Gasteiger partial charge in [0.15, 0.2) is 0 Å². The van der Waals surface area contributed by atoms with E-state index in [9.17, 15) is 9.59 Å². The molecule has 2 fully saturated rings. The lowest BCUT2D eigenvalue weighted by molar-refractivity contribution is -0.119. The molecule has 4 rings (SSSR count). The van der Waals surface area contributed by atoms with Crippen LogP contribution in [0.3, 0.4) is 0 Å². The average Bonchev–Trinajstić information content (AvgIpc) is 3.58. The van der Waals surface area contributed by atoms with Crippen molar-refractivity contribution in [1.29, 1.82) is 0 Å². The van der Waals surface area contributed by atoms with Gasteiger partial charge in [0.05, 0.1) is 24.4 Å². The summed E-state index contributed by atoms with van der Waals surface area (Å²) in [5, 5.41) is 0.671. The monoisotopic (exact) mass is 398 g/mol. The molecule has 2 aromatic carbocycles. The van der Waals surface area contributed by atoms with Crippen molar-refractivity contribution < 1.29 is 14.3 Å². The van der Waals surface area contributed by atoms with Gasteiger partial charge < -0.3 is 14.5 Å². The molecule has 146 valence electrons. The highest BCUT2D eigenvalue weighted by Crippen LogP contribution is 2.33. The zero-order chi connectivity index (χ0) is 19.7. The Morgan fingerprint density at radius 2 is 1.82 bits per heavy atom. The lowest BCUT2D eigenvalue weighted by atomic mass is 10.1. The third-order valence-electron chi connectivity index (χ3n) is 5.35. The summed E-state index contributed by atoms with van der Waals surface area (Å²) in [5.74, 6) is 0.111. The van der Waals surface area contributed by atoms with E-state index in [1.54, 1.807) is 22.9 Å². The highest BCUT2D eigenvalue weighted by Gasteiger charge is 2.34. The van der Waals surface area contributed by atoms with Gasteiger partial charge in [-0.1, -0.05) is 35.9 Å². The Balaban J connectivity index is 1.54. The molecule has 5 nitrogen and oxygen atoms in total. The molecule has 0 bridgehead atoms. The van der Waals surface area contributed by atoms with Crippen LogP contribution in [-0.2, 0) is 9.53 Å². The minimum Gasteiger partial charge on any atom is -0.370 e. The number of halogens is 1. The third-order valence-corrected chi connectivity index (χ3v) is 5.60. The van der Waals surface area contributed by atoms with Gasteiger partial charge in [0.1, 0.15) is 6.10 Å². The van der Waals surface area contributed by atoms with Crippen LogP contribution in [0.15, 0.2) is 48.5 Å². The number of benzene rings is 2. The first-order valence-electron chi connectivity index (χ1n) is 9.57. The summed E-state index contributed by atoms with van der Waals surface area (Å²) in [4.78, 5) is 29.2. The lowest BCUT2D eigenvalue weighted by Gasteiger charge is -2.34. The molecule has 0 radical (unpaired) electrons. The lowest BCUT2D eigenvalue weighted by Crippen LogP contribution is -2.43. The molecular weight excluding hydrogens is 376 g/mol. The molecule has 1 atom stereocenters. The van der Waals surface area contributed by atoms with Crippen LogP contribution in [-0.4, -0.2) is 43.5 Å². The van der Waals surface area contributed by atoms with Gasteiger partial charge in [-0.05, 0) is 42.7 Å². The Hall–Kier alpha value is -2.37. The van der Waals surface area contributed by atoms with Gasteiger partial charge in [-0.2, -0.15) is 0 Å². The molecule has 1 saturated heterocycles. The van der Waals surface area contributed by atoms with Crippen molar-refractivity contribution in [2.75, 3.05) is 31.6 Å². The number of carbonyl (C=O) groups is 2. The number of hydrogen-bond acceptors (Lipinski definition) is 3. The molecule has 0 N–H and O–H groups in total. The SMILES string of the molecule is CN(C(=O)C1CC1)c1ccccc1C(=O)N1CCOC(c2ccc(Cl)cc2)C1. The normalized spacial score (nSPS) is 19.4. The van der Waals surface area contributed by atoms with Crippen LogP contribution in [0.1, 0.15) is 34.9 Å². The molecule has 2 aromatic rings. The maximum absolute atomic E-state index is 13.3. The van der Waals surface area contributed by atoms with Crippen molar-refractivity contribution in [3.8, 4) is 0 Å². The molecule has 0 aromatic heterocycles. The van der Waals surface area contributed by atoms with Gasteiger partial charge in [0, 0.05) is 24.5 Å². The predicted octanol–water partition coefficient (Wildman–Crippen LogP) is 3.93. The maximum atomic E-state index is 13.3. The van der Waals surface area contributed by atoms with E-state index in [1.165, 1.54) is 0 Å². The first-order valence-corrected chi connectivity index (χ1v) is 9.95. The predicted molar refractivity (Wildman–Crippen MR) is 109 cm³/mol. The van der Waals surface area contributed by atoms with E-state index >= 15 is 0 Å². The number of nitrogens with zero attached hydrogens (tertiary/aromatic N) is 2. The summed E-state index contributed by atoms with van der Waals surface area (Å²) in [7, 11) is 1.75. The number of carbonyl (C=O) groups excluding carboxylic acids is 2. The number of hydrogen-bond donors (Lipinski definition) is 0. The molecule has 1 heterocycles. The number of rotatable bonds is 4. The zero-order valence-corrected chi connectivity index (χ0v) is 16.6. The number of para-hydroxylation sites is 1. The van der Waals surface area contributed by atoms with Crippen molar-refractivity contribution in [2.45, 2.75) is 18.9 Å². The minimum absolute atomic E-state index is 0.0756. The standard InChI is InChI=1S/C22H23ClN2O3/c1-24(21(26)16-6-7-16)19-5-3-2-4-18(19)22(27)25-12-13-28-20(14-25)15-8-10-17(23)11-9-15/h2-5,8-11,16,20H,6-7,12-14H2,1H3. The molecule has 2 amide bonds. The van der Waals surface area contributed by atoms with E-state index in [4.69, 9.17) is 16.3 Å². The topological polar surface area (TPSA) is 49.9 Å². The first kappa shape index (κ1) is 19.0. The van der Waals surface area contributed by atoms with Crippen molar-refractivity contribution >= 4 is 29.1 Å². The fraction of sp³-hybridized carbons (Fsp3) is 0.364. The summed E-state index contributed by atoms with van der Waals surface area (Å²) in [6, 6.07) is 14.8. The van der Waals surface area contributed by atoms with Crippen LogP contribution in [0, 0.1) is 5.92 Å². The summed E-state index contributed by atoms with van der Waals surface area (Å²) in [6.45, 7) is 1.46. The number of amides is 2. The molecule has 2 aliphatic rings. The largest absolute Gasteiger partial charge is 0.370 e. The summed E-state index contributed by atoms with van der Waals surface area (Å²) < 4.78 is 5.87. The van der Waals surface area contributed by atoms with E-state index in [2.05, 4.69) is 0 Å². The van der Waals surface area contributed by atoms with Gasteiger partial charge in [-0.3, -0.25) is 9.59 Å². The second-order valence-corrected chi connectivity index (χ2v) is 7.79. The summed E-state index contributed by atoms with van der Waals surface area (Å²) in [6.07, 6.45) is 1.68. The van der Waals surface area contributed by atoms with Crippen LogP contribution in [0.2, 0.25) is 5.02 Å². The van der Waals surface area contributed by atoms with Crippen molar-refractivity contribution in [2.24, 2.45) is 5.92 Å². The molecule has 1 unspecified atom stereocenters. The Labute approximate surface area is 169 Å². The highest BCUT2D eigenvalue weighted by atomic mass is 35.5. The number of anilines is 1. The van der Waals surface area contributed by atoms with Crippen LogP contribution in [0.25, 0.3) is 0 Å². The fourth-order valence-corrected chi connectivity index (χ4v) is 3.68. The number of morpholine rings is 1. The molecule has 1 aliphatic heterocycles. The molecule has 0 spiro atoms. The maximum Gasteiger partial charge on any atom is 0.256 e. The van der Waals surface area contributed by atoms with Crippen LogP contribution in [0.4, 0.5) is 5.69 Å². The van der Waals surface area contributed by atoms with E-state index in [-0.39, 0.29) is 23.8 Å². The van der Waals surface area contributed by atoms with Crippen molar-refractivity contribution in [1.82, 2.24) is 4.90 Å². The smallest absolute Gasteiger partial charge is 0.256 e. The first-order chi connectivity index (χ1) is 13.5.